The number of carbonyl (C=O) groups excluding carboxylic acids is 6. The zero-order valence-electron chi connectivity index (χ0n) is 19.5. The van der Waals surface area contributed by atoms with Crippen molar-refractivity contribution in [2.24, 2.45) is 0 Å². The minimum Gasteiger partial charge on any atom is -0.478 e. The molecule has 0 radical (unpaired) electrons. The first kappa shape index (κ1) is 29.5. The molecule has 36 heavy (non-hydrogen) atoms. The van der Waals surface area contributed by atoms with Crippen LogP contribution in [-0.4, -0.2) is 69.8 Å². The summed E-state index contributed by atoms with van der Waals surface area (Å²) in [6.07, 6.45) is -0.302. The van der Waals surface area contributed by atoms with Crippen LogP contribution in [0.15, 0.2) is 35.4 Å². The molecule has 0 aromatic heterocycles. The molecule has 1 aromatic carbocycles. The molecule has 1 unspecified atom stereocenters. The van der Waals surface area contributed by atoms with E-state index in [9.17, 15) is 43.8 Å². The fourth-order valence-corrected chi connectivity index (χ4v) is 2.40. The van der Waals surface area contributed by atoms with Gasteiger partial charge in [-0.2, -0.15) is 0 Å². The Kier molecular flexibility index (Phi) is 10.5. The van der Waals surface area contributed by atoms with Crippen molar-refractivity contribution in [1.82, 2.24) is 0 Å². The average Bonchev–Trinajstić information content (AvgIpc) is 2.75. The van der Waals surface area contributed by atoms with Gasteiger partial charge in [-0.15, -0.1) is 0 Å². The second-order valence-corrected chi connectivity index (χ2v) is 7.52. The lowest BCUT2D eigenvalue weighted by molar-refractivity contribution is -0.149. The fraction of sp³-hybridized carbons (Fsp3) is 0.261. The molecule has 13 heteroatoms. The van der Waals surface area contributed by atoms with Crippen molar-refractivity contribution in [3.8, 4) is 0 Å². The number of ether oxygens (including phenoxy) is 3. The number of carboxylic acids is 1. The predicted molar refractivity (Wildman–Crippen MR) is 117 cm³/mol. The molecule has 0 aliphatic rings. The van der Waals surface area contributed by atoms with E-state index in [1.54, 1.807) is 0 Å². The van der Waals surface area contributed by atoms with Crippen LogP contribution >= 0.6 is 0 Å². The van der Waals surface area contributed by atoms with Gasteiger partial charge in [0, 0.05) is 12.2 Å². The molecule has 0 saturated heterocycles. The van der Waals surface area contributed by atoms with E-state index in [0.29, 0.717) is 23.3 Å². The van der Waals surface area contributed by atoms with Crippen molar-refractivity contribution in [2.45, 2.75) is 33.8 Å². The number of benzene rings is 1. The number of aliphatic hydroxyl groups excluding tert-OH is 2. The number of aliphatic hydroxyl groups is 2. The summed E-state index contributed by atoms with van der Waals surface area (Å²) in [7, 11) is 0. The van der Waals surface area contributed by atoms with Crippen molar-refractivity contribution in [3.63, 3.8) is 0 Å². The van der Waals surface area contributed by atoms with Gasteiger partial charge in [-0.25, -0.2) is 33.6 Å². The summed E-state index contributed by atoms with van der Waals surface area (Å²) in [5.74, 6) is -10.6. The molecule has 1 aromatic rings. The maximum Gasteiger partial charge on any atom is 0.346 e. The topological polar surface area (TPSA) is 208 Å². The van der Waals surface area contributed by atoms with Crippen LogP contribution in [0.5, 0.6) is 0 Å². The van der Waals surface area contributed by atoms with Crippen LogP contribution in [0, 0.1) is 0 Å². The van der Waals surface area contributed by atoms with Gasteiger partial charge in [-0.1, -0.05) is 11.1 Å². The number of hydrogen-bond acceptors (Lipinski definition) is 12. The highest BCUT2D eigenvalue weighted by Gasteiger charge is 2.31. The lowest BCUT2D eigenvalue weighted by Gasteiger charge is -2.13. The normalized spacial score (nSPS) is 10.8. The van der Waals surface area contributed by atoms with Crippen LogP contribution in [0.3, 0.4) is 0 Å². The Morgan fingerprint density at radius 1 is 0.722 bits per heavy atom. The van der Waals surface area contributed by atoms with Gasteiger partial charge in [0.15, 0.2) is 6.10 Å². The van der Waals surface area contributed by atoms with E-state index in [4.69, 9.17) is 5.11 Å². The Balaban J connectivity index is 3.69. The van der Waals surface area contributed by atoms with Crippen LogP contribution in [-0.2, 0) is 28.6 Å². The first-order valence-electron chi connectivity index (χ1n) is 9.96. The molecule has 1 rings (SSSR count). The number of aromatic carboxylic acids is 1. The van der Waals surface area contributed by atoms with E-state index >= 15 is 0 Å². The summed E-state index contributed by atoms with van der Waals surface area (Å²) < 4.78 is 13.4. The smallest absolute Gasteiger partial charge is 0.346 e. The summed E-state index contributed by atoms with van der Waals surface area (Å²) >= 11 is 0. The van der Waals surface area contributed by atoms with Crippen molar-refractivity contribution in [2.75, 3.05) is 6.61 Å². The maximum absolute atomic E-state index is 12.6. The highest BCUT2D eigenvalue weighted by Crippen LogP contribution is 2.22. The van der Waals surface area contributed by atoms with E-state index in [0.717, 1.165) is 12.2 Å². The minimum atomic E-state index is -2.14. The zero-order valence-corrected chi connectivity index (χ0v) is 19.5. The first-order chi connectivity index (χ1) is 16.7. The summed E-state index contributed by atoms with van der Waals surface area (Å²) in [5, 5.41) is 27.6. The van der Waals surface area contributed by atoms with Gasteiger partial charge in [0.2, 0.25) is 0 Å². The lowest BCUT2D eigenvalue weighted by Crippen LogP contribution is -2.30. The third kappa shape index (κ3) is 8.38. The van der Waals surface area contributed by atoms with Crippen molar-refractivity contribution < 1.29 is 63.1 Å². The number of esters is 6. The second-order valence-electron chi connectivity index (χ2n) is 7.52. The maximum atomic E-state index is 12.6. The van der Waals surface area contributed by atoms with Crippen molar-refractivity contribution >= 4 is 41.8 Å². The Morgan fingerprint density at radius 2 is 1.08 bits per heavy atom. The van der Waals surface area contributed by atoms with E-state index in [-0.39, 0.29) is 0 Å². The molecule has 3 N–H and O–H groups in total. The molecular formula is C23H22O13. The Morgan fingerprint density at radius 3 is 1.44 bits per heavy atom. The van der Waals surface area contributed by atoms with Crippen LogP contribution in [0.1, 0.15) is 69.1 Å². The molecule has 0 spiro atoms. The molecule has 0 amide bonds. The van der Waals surface area contributed by atoms with Crippen LogP contribution in [0.2, 0.25) is 0 Å². The second kappa shape index (κ2) is 12.8. The van der Waals surface area contributed by atoms with Gasteiger partial charge in [0.1, 0.15) is 0 Å². The first-order valence-corrected chi connectivity index (χ1v) is 9.96. The summed E-state index contributed by atoms with van der Waals surface area (Å²) in [5.41, 5.74) is -2.81. The molecular weight excluding hydrogens is 484 g/mol. The molecule has 192 valence electrons. The van der Waals surface area contributed by atoms with Gasteiger partial charge in [0.05, 0.1) is 28.9 Å². The third-order valence-electron chi connectivity index (χ3n) is 3.89. The molecule has 0 saturated carbocycles. The Hall–Kier alpha value is -4.49. The summed E-state index contributed by atoms with van der Waals surface area (Å²) in [6.45, 7) is 4.92. The van der Waals surface area contributed by atoms with Crippen LogP contribution in [0.4, 0.5) is 0 Å². The van der Waals surface area contributed by atoms with Crippen molar-refractivity contribution in [1.29, 1.82) is 0 Å². The van der Waals surface area contributed by atoms with Gasteiger partial charge in [0.25, 0.3) is 0 Å². The lowest BCUT2D eigenvalue weighted by atomic mass is 9.98. The molecule has 13 nitrogen and oxygen atoms in total. The SMILES string of the molecule is CC(C)=CC(=O)OC(=O)c1cc(C(=O)OC(=O)C=C(C)C)c(C(=O)OC(=O)C(O)CO)cc1C(=O)O. The number of allylic oxidation sites excluding steroid dienone is 2. The van der Waals surface area contributed by atoms with Gasteiger partial charge in [-0.05, 0) is 39.8 Å². The van der Waals surface area contributed by atoms with Crippen LogP contribution in [0.25, 0.3) is 0 Å². The van der Waals surface area contributed by atoms with E-state index in [1.165, 1.54) is 27.7 Å². The average molecular weight is 506 g/mol. The van der Waals surface area contributed by atoms with Crippen LogP contribution < -0.4 is 0 Å². The summed E-state index contributed by atoms with van der Waals surface area (Å²) in [4.78, 5) is 84.7. The Bertz CT molecular complexity index is 1180. The van der Waals surface area contributed by atoms with Gasteiger partial charge in [-0.3, -0.25) is 0 Å². The molecule has 0 heterocycles. The quantitative estimate of drug-likeness (QED) is 0.192. The van der Waals surface area contributed by atoms with E-state index < -0.39 is 76.7 Å². The minimum absolute atomic E-state index is 0.430. The predicted octanol–water partition coefficient (Wildman–Crippen LogP) is 0.721. The Labute approximate surface area is 203 Å². The molecule has 0 bridgehead atoms. The zero-order chi connectivity index (χ0) is 27.7. The number of carbonyl (C=O) groups is 7. The standard InChI is InChI=1S/C23H22O13/c1-10(2)5-17(26)34-20(30)13-8-15(21(31)35-18(27)6-11(3)4)14(7-12(13)19(28)29)22(32)36-23(33)16(25)9-24/h5-8,16,24-25H,9H2,1-4H3,(H,28,29). The third-order valence-corrected chi connectivity index (χ3v) is 3.89. The molecule has 0 aliphatic carbocycles. The molecule has 0 fully saturated rings. The monoisotopic (exact) mass is 506 g/mol. The van der Waals surface area contributed by atoms with Crippen molar-refractivity contribution in [3.05, 3.63) is 57.7 Å². The highest BCUT2D eigenvalue weighted by molar-refractivity contribution is 6.14. The van der Waals surface area contributed by atoms with E-state index in [2.05, 4.69) is 14.2 Å². The molecule has 0 aliphatic heterocycles. The molecule has 1 atom stereocenters. The number of rotatable bonds is 8. The van der Waals surface area contributed by atoms with Gasteiger partial charge >= 0.3 is 41.8 Å². The highest BCUT2D eigenvalue weighted by atomic mass is 16.6. The fourth-order valence-electron chi connectivity index (χ4n) is 2.40. The van der Waals surface area contributed by atoms with E-state index in [1.807, 2.05) is 0 Å². The van der Waals surface area contributed by atoms with Gasteiger partial charge < -0.3 is 29.5 Å². The summed E-state index contributed by atoms with van der Waals surface area (Å²) in [6, 6.07) is 0.955. The largest absolute Gasteiger partial charge is 0.478 e. The number of hydrogen-bond donors (Lipinski definition) is 3. The number of carboxylic acid groups (broad SMARTS) is 1.